The topological polar surface area (TPSA) is 111 Å². The number of nitrogens with zero attached hydrogens (tertiary/aromatic N) is 1. The van der Waals surface area contributed by atoms with Crippen molar-refractivity contribution in [2.75, 3.05) is 40.9 Å². The van der Waals surface area contributed by atoms with Crippen LogP contribution in [0.25, 0.3) is 0 Å². The Morgan fingerprint density at radius 2 is 0.937 bits per heavy atom. The Morgan fingerprint density at radius 1 is 0.540 bits per heavy atom. The summed E-state index contributed by atoms with van der Waals surface area (Å²) in [5, 5.41) is 3.03. The van der Waals surface area contributed by atoms with E-state index in [1.165, 1.54) is 135 Å². The maximum atomic E-state index is 13.4. The van der Waals surface area contributed by atoms with Crippen LogP contribution in [0.5, 0.6) is 0 Å². The van der Waals surface area contributed by atoms with Crippen LogP contribution in [0.3, 0.4) is 0 Å². The zero-order valence-electron chi connectivity index (χ0n) is 42.3. The summed E-state index contributed by atoms with van der Waals surface area (Å²) in [6.45, 7) is 6.97. The molecule has 372 valence electrons. The fraction of sp³-hybridized carbons (Fsp3) is 0.887. The van der Waals surface area contributed by atoms with Gasteiger partial charge in [-0.05, 0) is 51.0 Å². The number of likely N-dealkylation sites (N-methyl/N-ethyl adjacent to an activating group) is 1. The van der Waals surface area contributed by atoms with Gasteiger partial charge >= 0.3 is 13.8 Å². The molecule has 3 atom stereocenters. The first-order valence-corrected chi connectivity index (χ1v) is 28.2. The first-order valence-electron chi connectivity index (χ1n) is 26.7. The number of phosphoric ester groups is 1. The zero-order chi connectivity index (χ0) is 46.5. The number of nitrogens with one attached hydrogen (secondary N) is 1. The Bertz CT molecular complexity index is 1140. The molecule has 0 aromatic heterocycles. The Labute approximate surface area is 390 Å². The van der Waals surface area contributed by atoms with Crippen molar-refractivity contribution in [1.82, 2.24) is 5.32 Å². The van der Waals surface area contributed by atoms with Crippen LogP contribution in [0.4, 0.5) is 0 Å². The lowest BCUT2D eigenvalue weighted by atomic mass is 10.0. The number of hydrogen-bond donors (Lipinski definition) is 2. The lowest BCUT2D eigenvalue weighted by Gasteiger charge is -2.27. The highest BCUT2D eigenvalue weighted by Gasteiger charge is 2.30. The quantitative estimate of drug-likeness (QED) is 0.0206. The van der Waals surface area contributed by atoms with Crippen molar-refractivity contribution >= 4 is 19.7 Å². The first kappa shape index (κ1) is 61.5. The highest BCUT2D eigenvalue weighted by atomic mass is 31.2. The molecule has 0 aromatic rings. The summed E-state index contributed by atoms with van der Waals surface area (Å²) in [4.78, 5) is 37.4. The molecule has 0 rings (SSSR count). The van der Waals surface area contributed by atoms with Crippen molar-refractivity contribution in [1.29, 1.82) is 0 Å². The van der Waals surface area contributed by atoms with Crippen LogP contribution in [-0.4, -0.2) is 74.3 Å². The molecule has 0 heterocycles. The van der Waals surface area contributed by atoms with Gasteiger partial charge in [-0.25, -0.2) is 4.57 Å². The normalized spacial score (nSPS) is 14.1. The number of amides is 1. The van der Waals surface area contributed by atoms with E-state index in [4.69, 9.17) is 13.8 Å². The van der Waals surface area contributed by atoms with E-state index in [1.54, 1.807) is 0 Å². The highest BCUT2D eigenvalue weighted by molar-refractivity contribution is 7.47. The minimum absolute atomic E-state index is 0.0415. The van der Waals surface area contributed by atoms with E-state index in [0.717, 1.165) is 83.5 Å². The molecule has 0 bridgehead atoms. The average molecular weight is 912 g/mol. The molecule has 0 saturated carbocycles. The lowest BCUT2D eigenvalue weighted by molar-refractivity contribution is -0.870. The number of hydrogen-bond acceptors (Lipinski definition) is 6. The molecule has 10 heteroatoms. The molecule has 0 spiro atoms. The standard InChI is InChI=1S/C53H103N2O7P/c1-7-10-13-16-19-22-25-27-28-31-34-37-40-43-46-53(57)62-51(44-41-38-35-32-30-26-23-20-17-14-11-8-2)50(49-61-63(58,59)60-48-47-55(4,5)6)54-52(56)45-42-39-36-33-29-24-21-18-15-12-9-3/h18,21,41,44,50-51H,7-17,19-20,22-40,42-43,45-49H2,1-6H3,(H-,54,56,58,59)/p+1/b21-18-,44-41+. The average Bonchev–Trinajstić information content (AvgIpc) is 3.23. The van der Waals surface area contributed by atoms with E-state index in [2.05, 4.69) is 38.2 Å². The summed E-state index contributed by atoms with van der Waals surface area (Å²) >= 11 is 0. The second-order valence-corrected chi connectivity index (χ2v) is 20.9. The summed E-state index contributed by atoms with van der Waals surface area (Å²) in [5.74, 6) is -0.509. The predicted molar refractivity (Wildman–Crippen MR) is 268 cm³/mol. The van der Waals surface area contributed by atoms with Gasteiger partial charge in [0.05, 0.1) is 33.8 Å². The van der Waals surface area contributed by atoms with Crippen LogP contribution >= 0.6 is 7.82 Å². The molecule has 63 heavy (non-hydrogen) atoms. The molecule has 0 fully saturated rings. The summed E-state index contributed by atoms with van der Waals surface area (Å²) in [6.07, 6.45) is 48.8. The second kappa shape index (κ2) is 44.3. The molecule has 0 aromatic carbocycles. The third-order valence-corrected chi connectivity index (χ3v) is 12.9. The van der Waals surface area contributed by atoms with Gasteiger partial charge < -0.3 is 19.4 Å². The number of unbranched alkanes of at least 4 members (excludes halogenated alkanes) is 30. The number of phosphoric acid groups is 1. The van der Waals surface area contributed by atoms with Gasteiger partial charge in [0.2, 0.25) is 5.91 Å². The van der Waals surface area contributed by atoms with Crippen LogP contribution < -0.4 is 5.32 Å². The SMILES string of the molecule is CCCC/C=C\CCCCCCCC(=O)NC(COP(=O)(O)OCC[N+](C)(C)C)C(/C=C/CCCCCCCCCCCC)OC(=O)CCCCCCCCCCCCCCCC. The Kier molecular flexibility index (Phi) is 43.3. The molecule has 0 radical (unpaired) electrons. The van der Waals surface area contributed by atoms with Crippen molar-refractivity contribution in [3.05, 3.63) is 24.3 Å². The van der Waals surface area contributed by atoms with Crippen molar-refractivity contribution in [3.63, 3.8) is 0 Å². The molecule has 1 amide bonds. The number of carbonyl (C=O) groups excluding carboxylic acids is 2. The number of quaternary nitrogens is 1. The smallest absolute Gasteiger partial charge is 0.456 e. The fourth-order valence-electron chi connectivity index (χ4n) is 7.69. The summed E-state index contributed by atoms with van der Waals surface area (Å²) < 4.78 is 30.5. The van der Waals surface area contributed by atoms with Gasteiger partial charge in [0.25, 0.3) is 0 Å². The van der Waals surface area contributed by atoms with E-state index in [9.17, 15) is 19.0 Å². The number of ether oxygens (including phenoxy) is 1. The van der Waals surface area contributed by atoms with E-state index < -0.39 is 20.0 Å². The van der Waals surface area contributed by atoms with Crippen LogP contribution in [0.15, 0.2) is 24.3 Å². The third kappa shape index (κ3) is 45.4. The van der Waals surface area contributed by atoms with Gasteiger partial charge in [0.1, 0.15) is 19.3 Å². The molecule has 0 aliphatic rings. The van der Waals surface area contributed by atoms with Gasteiger partial charge in [-0.15, -0.1) is 0 Å². The van der Waals surface area contributed by atoms with E-state index >= 15 is 0 Å². The molecular formula is C53H104N2O7P+. The summed E-state index contributed by atoms with van der Waals surface area (Å²) in [6, 6.07) is -0.844. The van der Waals surface area contributed by atoms with Crippen molar-refractivity contribution in [2.45, 2.75) is 264 Å². The first-order chi connectivity index (χ1) is 30.4. The summed E-state index contributed by atoms with van der Waals surface area (Å²) in [5.41, 5.74) is 0. The van der Waals surface area contributed by atoms with E-state index in [0.29, 0.717) is 23.9 Å². The van der Waals surface area contributed by atoms with Gasteiger partial charge in [0.15, 0.2) is 0 Å². The van der Waals surface area contributed by atoms with Crippen LogP contribution in [-0.2, 0) is 27.9 Å². The summed E-state index contributed by atoms with van der Waals surface area (Å²) in [7, 11) is 1.50. The maximum absolute atomic E-state index is 13.4. The highest BCUT2D eigenvalue weighted by Crippen LogP contribution is 2.43. The zero-order valence-corrected chi connectivity index (χ0v) is 43.2. The van der Waals surface area contributed by atoms with E-state index in [-0.39, 0.29) is 25.1 Å². The number of carbonyl (C=O) groups is 2. The molecule has 0 aliphatic carbocycles. The van der Waals surface area contributed by atoms with Crippen LogP contribution in [0, 0.1) is 0 Å². The van der Waals surface area contributed by atoms with Crippen molar-refractivity contribution in [3.8, 4) is 0 Å². The maximum Gasteiger partial charge on any atom is 0.472 e. The largest absolute Gasteiger partial charge is 0.472 e. The minimum Gasteiger partial charge on any atom is -0.456 e. The predicted octanol–water partition coefficient (Wildman–Crippen LogP) is 15.4. The monoisotopic (exact) mass is 912 g/mol. The van der Waals surface area contributed by atoms with Crippen molar-refractivity contribution < 1.29 is 37.3 Å². The fourth-order valence-corrected chi connectivity index (χ4v) is 8.42. The minimum atomic E-state index is -4.43. The second-order valence-electron chi connectivity index (χ2n) is 19.4. The van der Waals surface area contributed by atoms with Gasteiger partial charge in [0, 0.05) is 12.8 Å². The molecule has 0 saturated heterocycles. The van der Waals surface area contributed by atoms with Crippen LogP contribution in [0.1, 0.15) is 252 Å². The molecular weight excluding hydrogens is 808 g/mol. The van der Waals surface area contributed by atoms with Crippen molar-refractivity contribution in [2.24, 2.45) is 0 Å². The van der Waals surface area contributed by atoms with Crippen LogP contribution in [0.2, 0.25) is 0 Å². The van der Waals surface area contributed by atoms with Gasteiger partial charge in [-0.1, -0.05) is 212 Å². The lowest BCUT2D eigenvalue weighted by Crippen LogP contribution is -2.47. The molecule has 2 N–H and O–H groups in total. The Balaban J connectivity index is 5.40. The number of esters is 1. The molecule has 9 nitrogen and oxygen atoms in total. The third-order valence-electron chi connectivity index (χ3n) is 11.9. The molecule has 0 aliphatic heterocycles. The van der Waals surface area contributed by atoms with Gasteiger partial charge in [-0.2, -0.15) is 0 Å². The molecule has 3 unspecified atom stereocenters. The Hall–Kier alpha value is -1.51. The number of allylic oxidation sites excluding steroid dienone is 3. The Morgan fingerprint density at radius 3 is 1.40 bits per heavy atom. The number of rotatable bonds is 48. The van der Waals surface area contributed by atoms with E-state index in [1.807, 2.05) is 33.3 Å². The van der Waals surface area contributed by atoms with Gasteiger partial charge in [-0.3, -0.25) is 18.6 Å².